The molecule has 5 rings (SSSR count). The second-order valence-electron chi connectivity index (χ2n) is 9.40. The number of rotatable bonds is 2. The average molecular weight is 394 g/mol. The number of fused-ring (bicyclic) bond motifs is 4. The average Bonchev–Trinajstić information content (AvgIpc) is 3.19. The lowest BCUT2D eigenvalue weighted by Gasteiger charge is -2.53. The van der Waals surface area contributed by atoms with Crippen molar-refractivity contribution in [3.05, 3.63) is 35.8 Å². The molecule has 0 radical (unpaired) electrons. The van der Waals surface area contributed by atoms with Gasteiger partial charge >= 0.3 is 0 Å². The fourth-order valence-electron chi connectivity index (χ4n) is 5.96. The van der Waals surface area contributed by atoms with Gasteiger partial charge in [-0.2, -0.15) is 0 Å². The van der Waals surface area contributed by atoms with E-state index in [0.717, 1.165) is 36.1 Å². The van der Waals surface area contributed by atoms with Crippen LogP contribution in [0.3, 0.4) is 0 Å². The molecule has 4 unspecified atom stereocenters. The van der Waals surface area contributed by atoms with E-state index in [-0.39, 0.29) is 17.8 Å². The Morgan fingerprint density at radius 3 is 2.55 bits per heavy atom. The number of ether oxygens (including phenoxy) is 1. The van der Waals surface area contributed by atoms with Gasteiger partial charge in [-0.1, -0.05) is 13.0 Å². The molecular weight excluding hydrogens is 362 g/mol. The van der Waals surface area contributed by atoms with Gasteiger partial charge in [0.2, 0.25) is 5.88 Å². The third kappa shape index (κ3) is 2.44. The van der Waals surface area contributed by atoms with E-state index in [2.05, 4.69) is 56.6 Å². The Hall–Kier alpha value is -2.37. The topological polar surface area (TPSA) is 54.4 Å². The minimum atomic E-state index is -0.203. The lowest BCUT2D eigenvalue weighted by molar-refractivity contribution is 0.0349. The summed E-state index contributed by atoms with van der Waals surface area (Å²) in [5, 5.41) is 0. The van der Waals surface area contributed by atoms with Crippen molar-refractivity contribution in [2.24, 2.45) is 5.92 Å². The number of nitrogens with zero attached hydrogens (tertiary/aromatic N) is 5. The fourth-order valence-corrected chi connectivity index (χ4v) is 5.96. The Balaban J connectivity index is 1.63. The molecule has 2 aliphatic heterocycles. The van der Waals surface area contributed by atoms with E-state index in [4.69, 9.17) is 19.7 Å². The van der Waals surface area contributed by atoms with E-state index in [0.29, 0.717) is 17.9 Å². The summed E-state index contributed by atoms with van der Waals surface area (Å²) in [5.41, 5.74) is 2.07. The predicted octanol–water partition coefficient (Wildman–Crippen LogP) is 4.29. The molecule has 3 aliphatic rings. The maximum absolute atomic E-state index is 6.63. The molecule has 1 fully saturated rings. The van der Waals surface area contributed by atoms with Crippen LogP contribution in [-0.2, 0) is 0 Å². The molecule has 4 heterocycles. The van der Waals surface area contributed by atoms with E-state index in [1.54, 1.807) is 6.20 Å². The molecule has 6 nitrogen and oxygen atoms in total. The zero-order valence-electron chi connectivity index (χ0n) is 18.3. The third-order valence-corrected chi connectivity index (χ3v) is 7.50. The molecule has 0 saturated heterocycles. The quantitative estimate of drug-likeness (QED) is 0.758. The normalized spacial score (nSPS) is 32.8. The van der Waals surface area contributed by atoms with Gasteiger partial charge in [0.1, 0.15) is 12.3 Å². The predicted molar refractivity (Wildman–Crippen MR) is 115 cm³/mol. The highest BCUT2D eigenvalue weighted by atomic mass is 16.5. The maximum atomic E-state index is 6.63. The maximum Gasteiger partial charge on any atom is 0.217 e. The Morgan fingerprint density at radius 1 is 1.10 bits per heavy atom. The van der Waals surface area contributed by atoms with Crippen molar-refractivity contribution >= 4 is 11.6 Å². The fraction of sp³-hybridized carbons (Fsp3) is 0.609. The van der Waals surface area contributed by atoms with E-state index < -0.39 is 0 Å². The molecule has 6 heteroatoms. The molecule has 0 spiro atoms. The van der Waals surface area contributed by atoms with Crippen molar-refractivity contribution in [2.75, 3.05) is 9.80 Å². The zero-order chi connectivity index (χ0) is 20.5. The second-order valence-corrected chi connectivity index (χ2v) is 9.40. The van der Waals surface area contributed by atoms with Gasteiger partial charge in [0, 0.05) is 35.6 Å². The first-order valence-electron chi connectivity index (χ1n) is 10.9. The summed E-state index contributed by atoms with van der Waals surface area (Å²) in [6.45, 7) is 13.5. The highest BCUT2D eigenvalue weighted by molar-refractivity contribution is 5.72. The summed E-state index contributed by atoms with van der Waals surface area (Å²) in [6.07, 6.45) is 6.14. The summed E-state index contributed by atoms with van der Waals surface area (Å²) in [4.78, 5) is 19.1. The monoisotopic (exact) mass is 393 g/mol. The summed E-state index contributed by atoms with van der Waals surface area (Å²) in [5.74, 6) is 3.62. The number of aryl methyl sites for hydroxylation is 1. The van der Waals surface area contributed by atoms with Crippen LogP contribution < -0.4 is 14.5 Å². The molecule has 29 heavy (non-hydrogen) atoms. The Morgan fingerprint density at radius 2 is 1.83 bits per heavy atom. The van der Waals surface area contributed by atoms with Crippen LogP contribution in [-0.4, -0.2) is 38.8 Å². The highest BCUT2D eigenvalue weighted by Gasteiger charge is 2.59. The van der Waals surface area contributed by atoms with Crippen LogP contribution in [0.2, 0.25) is 0 Å². The smallest absolute Gasteiger partial charge is 0.217 e. The van der Waals surface area contributed by atoms with Crippen LogP contribution >= 0.6 is 0 Å². The zero-order valence-corrected chi connectivity index (χ0v) is 18.3. The molecular formula is C23H31N5O. The number of hydrogen-bond donors (Lipinski definition) is 0. The van der Waals surface area contributed by atoms with E-state index >= 15 is 0 Å². The van der Waals surface area contributed by atoms with Crippen LogP contribution in [0.25, 0.3) is 0 Å². The van der Waals surface area contributed by atoms with Gasteiger partial charge in [0.05, 0.1) is 5.54 Å². The third-order valence-electron chi connectivity index (χ3n) is 7.50. The van der Waals surface area contributed by atoms with Crippen molar-refractivity contribution < 1.29 is 4.74 Å². The molecule has 154 valence electrons. The minimum Gasteiger partial charge on any atom is -0.471 e. The van der Waals surface area contributed by atoms with Crippen LogP contribution in [0.1, 0.15) is 64.6 Å². The molecule has 0 aromatic carbocycles. The van der Waals surface area contributed by atoms with Crippen molar-refractivity contribution in [3.8, 4) is 5.88 Å². The number of anilines is 2. The number of aromatic nitrogens is 3. The first-order chi connectivity index (χ1) is 13.8. The molecule has 1 saturated carbocycles. The second kappa shape index (κ2) is 6.31. The van der Waals surface area contributed by atoms with Crippen LogP contribution in [0, 0.1) is 12.8 Å². The van der Waals surface area contributed by atoms with E-state index in [1.807, 2.05) is 13.1 Å². The van der Waals surface area contributed by atoms with Gasteiger partial charge in [0.25, 0.3) is 0 Å². The van der Waals surface area contributed by atoms with Crippen LogP contribution in [0.4, 0.5) is 11.6 Å². The standard InChI is InChI=1S/C23H31N5O/c1-13(2)27-16(5)28(21-20(27)24-11-12-25-21)23(6)14(3)7-9-17-18-10-8-15(4)26-22(18)29-19(17)23/h8,10-14,16-17,19H,7,9H2,1-6H3/t14?,16-,17?,19?,23?/m0/s1. The summed E-state index contributed by atoms with van der Waals surface area (Å²) in [6, 6.07) is 4.68. The van der Waals surface area contributed by atoms with Crippen molar-refractivity contribution in [2.45, 2.75) is 84.2 Å². The number of hydrogen-bond acceptors (Lipinski definition) is 6. The van der Waals surface area contributed by atoms with E-state index in [1.165, 1.54) is 5.56 Å². The lowest BCUT2D eigenvalue weighted by atomic mass is 9.66. The number of pyridine rings is 1. The molecule has 0 N–H and O–H groups in total. The van der Waals surface area contributed by atoms with Crippen LogP contribution in [0.5, 0.6) is 5.88 Å². The minimum absolute atomic E-state index is 0.0555. The van der Waals surface area contributed by atoms with Gasteiger partial charge in [-0.3, -0.25) is 0 Å². The first kappa shape index (κ1) is 18.6. The largest absolute Gasteiger partial charge is 0.471 e. The first-order valence-corrected chi connectivity index (χ1v) is 10.9. The molecule has 5 atom stereocenters. The van der Waals surface area contributed by atoms with Gasteiger partial charge < -0.3 is 14.5 Å². The van der Waals surface area contributed by atoms with Crippen molar-refractivity contribution in [1.82, 2.24) is 15.0 Å². The molecule has 0 amide bonds. The molecule has 0 bridgehead atoms. The molecule has 2 aromatic rings. The summed E-state index contributed by atoms with van der Waals surface area (Å²) in [7, 11) is 0. The Kier molecular flexibility index (Phi) is 4.06. The molecule has 2 aromatic heterocycles. The Labute approximate surface area is 173 Å². The van der Waals surface area contributed by atoms with Gasteiger partial charge in [-0.15, -0.1) is 0 Å². The van der Waals surface area contributed by atoms with Gasteiger partial charge in [-0.05, 0) is 59.4 Å². The van der Waals surface area contributed by atoms with E-state index in [9.17, 15) is 0 Å². The Bertz CT molecular complexity index is 947. The highest BCUT2D eigenvalue weighted by Crippen LogP contribution is 2.55. The lowest BCUT2D eigenvalue weighted by Crippen LogP contribution is -2.66. The van der Waals surface area contributed by atoms with Crippen LogP contribution in [0.15, 0.2) is 24.5 Å². The van der Waals surface area contributed by atoms with Gasteiger partial charge in [-0.25, -0.2) is 15.0 Å². The van der Waals surface area contributed by atoms with Crippen molar-refractivity contribution in [3.63, 3.8) is 0 Å². The van der Waals surface area contributed by atoms with Crippen molar-refractivity contribution in [1.29, 1.82) is 0 Å². The SMILES string of the molecule is Cc1ccc2c(n1)OC1C2CCC(C)C1(C)N1c2nccnc2N(C(C)C)[C@@H]1C. The molecule has 1 aliphatic carbocycles. The summed E-state index contributed by atoms with van der Waals surface area (Å²) >= 11 is 0. The van der Waals surface area contributed by atoms with Gasteiger partial charge in [0.15, 0.2) is 11.6 Å². The summed E-state index contributed by atoms with van der Waals surface area (Å²) < 4.78 is 6.63.